The zero-order valence-electron chi connectivity index (χ0n) is 19.0. The Morgan fingerprint density at radius 1 is 1.12 bits per heavy atom. The number of carbonyl (C=O) groups excluding carboxylic acids is 2. The van der Waals surface area contributed by atoms with Gasteiger partial charge in [-0.2, -0.15) is 0 Å². The Balaban J connectivity index is 1.39. The number of hydrogen-bond donors (Lipinski definition) is 2. The zero-order valence-corrected chi connectivity index (χ0v) is 19.0. The number of β-amino-alcohol motifs (C(OH)–C–C–N with tert-alkyl or cyclic N) is 1. The number of amides is 3. The molecule has 0 bridgehead atoms. The quantitative estimate of drug-likeness (QED) is 0.697. The number of likely N-dealkylation sites (N-methyl/N-ethyl adjacent to an activating group) is 1. The monoisotopic (exact) mass is 464 g/mol. The Morgan fingerprint density at radius 3 is 2.58 bits per heavy atom. The topological polar surface area (TPSA) is 94.6 Å². The van der Waals surface area contributed by atoms with Gasteiger partial charge < -0.3 is 34.6 Å². The highest BCUT2D eigenvalue weighted by molar-refractivity contribution is 5.89. The first kappa shape index (κ1) is 23.9. The summed E-state index contributed by atoms with van der Waals surface area (Å²) in [6.07, 6.45) is 0.150. The van der Waals surface area contributed by atoms with Gasteiger partial charge in [0.15, 0.2) is 0 Å². The van der Waals surface area contributed by atoms with Crippen LogP contribution in [0.3, 0.4) is 0 Å². The molecular weight excluding hydrogens is 431 g/mol. The second kappa shape index (κ2) is 10.8. The molecule has 3 amide bonds. The number of anilines is 1. The molecule has 0 aromatic heterocycles. The van der Waals surface area contributed by atoms with Crippen LogP contribution in [-0.4, -0.2) is 109 Å². The molecule has 4 rings (SSSR count). The highest BCUT2D eigenvalue weighted by atomic mass is 19.1. The lowest BCUT2D eigenvalue weighted by atomic mass is 9.94. The van der Waals surface area contributed by atoms with Crippen molar-refractivity contribution in [2.24, 2.45) is 0 Å². The number of aliphatic hydroxyl groups is 1. The molecule has 33 heavy (non-hydrogen) atoms. The highest BCUT2D eigenvalue weighted by Crippen LogP contribution is 2.28. The number of nitrogens with zero attached hydrogens (tertiary/aromatic N) is 3. The summed E-state index contributed by atoms with van der Waals surface area (Å²) >= 11 is 0. The van der Waals surface area contributed by atoms with Gasteiger partial charge >= 0.3 is 6.03 Å². The van der Waals surface area contributed by atoms with Gasteiger partial charge in [0.1, 0.15) is 11.9 Å². The first-order valence-electron chi connectivity index (χ1n) is 11.6. The Morgan fingerprint density at radius 2 is 1.85 bits per heavy atom. The molecule has 1 aromatic rings. The molecule has 0 aliphatic carbocycles. The van der Waals surface area contributed by atoms with E-state index in [0.29, 0.717) is 24.9 Å². The zero-order chi connectivity index (χ0) is 23.4. The molecule has 4 atom stereocenters. The summed E-state index contributed by atoms with van der Waals surface area (Å²) in [5, 5.41) is 13.0. The largest absolute Gasteiger partial charge is 0.389 e. The third kappa shape index (κ3) is 6.20. The van der Waals surface area contributed by atoms with Crippen molar-refractivity contribution in [2.45, 2.75) is 43.6 Å². The standard InChI is InChI=1S/C23H33FN4O5/c1-26-8-10-27(11-9-26)22(30)12-19-6-7-20-21(33-19)15-32-14-18(29)13-28(20)23(31)25-17-4-2-16(24)3-5-17/h2-5,18-21,29H,6-15H2,1H3,(H,25,31)/t18-,19+,20+,21-/m0/s1. The van der Waals surface area contributed by atoms with Crippen LogP contribution >= 0.6 is 0 Å². The van der Waals surface area contributed by atoms with Gasteiger partial charge in [0, 0.05) is 31.9 Å². The van der Waals surface area contributed by atoms with Crippen molar-refractivity contribution in [1.29, 1.82) is 0 Å². The summed E-state index contributed by atoms with van der Waals surface area (Å²) in [7, 11) is 2.05. The lowest BCUT2D eigenvalue weighted by Crippen LogP contribution is -2.58. The molecule has 2 N–H and O–H groups in total. The lowest BCUT2D eigenvalue weighted by molar-refractivity contribution is -0.155. The number of nitrogens with one attached hydrogen (secondary N) is 1. The van der Waals surface area contributed by atoms with Crippen LogP contribution in [0.25, 0.3) is 0 Å². The third-order valence-corrected chi connectivity index (χ3v) is 6.60. The van der Waals surface area contributed by atoms with Crippen LogP contribution in [0.4, 0.5) is 14.9 Å². The summed E-state index contributed by atoms with van der Waals surface area (Å²) in [5.74, 6) is -0.288. The minimum absolute atomic E-state index is 0.0950. The maximum absolute atomic E-state index is 13.2. The molecule has 0 radical (unpaired) electrons. The van der Waals surface area contributed by atoms with Gasteiger partial charge in [0.25, 0.3) is 0 Å². The van der Waals surface area contributed by atoms with Gasteiger partial charge in [0.05, 0.1) is 44.4 Å². The van der Waals surface area contributed by atoms with E-state index in [9.17, 15) is 19.1 Å². The molecule has 3 aliphatic rings. The molecule has 3 fully saturated rings. The predicted molar refractivity (Wildman–Crippen MR) is 119 cm³/mol. The van der Waals surface area contributed by atoms with Gasteiger partial charge in [-0.1, -0.05) is 0 Å². The fraction of sp³-hybridized carbons (Fsp3) is 0.652. The predicted octanol–water partition coefficient (Wildman–Crippen LogP) is 1.13. The molecule has 3 saturated heterocycles. The molecule has 1 aromatic carbocycles. The summed E-state index contributed by atoms with van der Waals surface area (Å²) in [4.78, 5) is 31.5. The number of benzene rings is 1. The van der Waals surface area contributed by atoms with Crippen LogP contribution in [0, 0.1) is 5.82 Å². The molecule has 182 valence electrons. The SMILES string of the molecule is CN1CCN(C(=O)C[C@H]2CC[C@@H]3[C@H](COC[C@@H](O)CN3C(=O)Nc3ccc(F)cc3)O2)CC1. The van der Waals surface area contributed by atoms with E-state index in [1.807, 2.05) is 4.90 Å². The van der Waals surface area contributed by atoms with Gasteiger partial charge in [-0.3, -0.25) is 4.79 Å². The van der Waals surface area contributed by atoms with Gasteiger partial charge in [-0.15, -0.1) is 0 Å². The molecule has 0 saturated carbocycles. The second-order valence-electron chi connectivity index (χ2n) is 9.11. The van der Waals surface area contributed by atoms with Crippen molar-refractivity contribution in [3.05, 3.63) is 30.1 Å². The average Bonchev–Trinajstić information content (AvgIpc) is 2.78. The Bertz CT molecular complexity index is 818. The summed E-state index contributed by atoms with van der Waals surface area (Å²) in [6, 6.07) is 4.86. The molecular formula is C23H33FN4O5. The summed E-state index contributed by atoms with van der Waals surface area (Å²) < 4.78 is 25.1. The van der Waals surface area contributed by atoms with E-state index in [1.165, 1.54) is 24.3 Å². The van der Waals surface area contributed by atoms with Gasteiger partial charge in [-0.05, 0) is 44.2 Å². The van der Waals surface area contributed by atoms with Crippen molar-refractivity contribution in [3.8, 4) is 0 Å². The number of urea groups is 1. The first-order valence-corrected chi connectivity index (χ1v) is 11.6. The third-order valence-electron chi connectivity index (χ3n) is 6.60. The highest BCUT2D eigenvalue weighted by Gasteiger charge is 2.40. The number of carbonyl (C=O) groups is 2. The fourth-order valence-corrected chi connectivity index (χ4v) is 4.68. The van der Waals surface area contributed by atoms with Crippen molar-refractivity contribution < 1.29 is 28.6 Å². The molecule has 9 nitrogen and oxygen atoms in total. The van der Waals surface area contributed by atoms with E-state index in [4.69, 9.17) is 9.47 Å². The minimum atomic E-state index is -0.818. The Hall–Kier alpha value is -2.27. The van der Waals surface area contributed by atoms with E-state index < -0.39 is 12.2 Å². The number of fused-ring (bicyclic) bond motifs is 1. The van der Waals surface area contributed by atoms with Crippen LogP contribution in [0.15, 0.2) is 24.3 Å². The number of hydrogen-bond acceptors (Lipinski definition) is 6. The Kier molecular flexibility index (Phi) is 7.79. The van der Waals surface area contributed by atoms with E-state index in [1.54, 1.807) is 4.90 Å². The average molecular weight is 465 g/mol. The molecule has 0 spiro atoms. The number of ether oxygens (including phenoxy) is 2. The van der Waals surface area contributed by atoms with E-state index in [2.05, 4.69) is 17.3 Å². The molecule has 3 aliphatic heterocycles. The van der Waals surface area contributed by atoms with Crippen LogP contribution in [0.2, 0.25) is 0 Å². The fourth-order valence-electron chi connectivity index (χ4n) is 4.68. The van der Waals surface area contributed by atoms with Crippen LogP contribution < -0.4 is 5.32 Å². The van der Waals surface area contributed by atoms with Crippen molar-refractivity contribution in [3.63, 3.8) is 0 Å². The summed E-state index contributed by atoms with van der Waals surface area (Å²) in [6.45, 7) is 3.63. The first-order chi connectivity index (χ1) is 15.9. The van der Waals surface area contributed by atoms with E-state index in [0.717, 1.165) is 26.2 Å². The number of halogens is 1. The maximum atomic E-state index is 13.2. The summed E-state index contributed by atoms with van der Waals surface area (Å²) in [5.41, 5.74) is 0.470. The lowest BCUT2D eigenvalue weighted by Gasteiger charge is -2.44. The van der Waals surface area contributed by atoms with Crippen molar-refractivity contribution >= 4 is 17.6 Å². The Labute approximate surface area is 193 Å². The minimum Gasteiger partial charge on any atom is -0.389 e. The van der Waals surface area contributed by atoms with Crippen LogP contribution in [0.1, 0.15) is 19.3 Å². The van der Waals surface area contributed by atoms with Crippen LogP contribution in [-0.2, 0) is 14.3 Å². The van der Waals surface area contributed by atoms with Crippen molar-refractivity contribution in [2.75, 3.05) is 58.3 Å². The normalized spacial score (nSPS) is 29.1. The number of aliphatic hydroxyl groups excluding tert-OH is 1. The molecule has 0 unspecified atom stereocenters. The van der Waals surface area contributed by atoms with Gasteiger partial charge in [-0.25, -0.2) is 9.18 Å². The number of piperazine rings is 1. The van der Waals surface area contributed by atoms with E-state index >= 15 is 0 Å². The van der Waals surface area contributed by atoms with Crippen LogP contribution in [0.5, 0.6) is 0 Å². The second-order valence-corrected chi connectivity index (χ2v) is 9.11. The van der Waals surface area contributed by atoms with E-state index in [-0.39, 0.29) is 49.7 Å². The van der Waals surface area contributed by atoms with Gasteiger partial charge in [0.2, 0.25) is 5.91 Å². The smallest absolute Gasteiger partial charge is 0.322 e. The molecule has 10 heteroatoms. The molecule has 3 heterocycles. The van der Waals surface area contributed by atoms with Crippen molar-refractivity contribution in [1.82, 2.24) is 14.7 Å². The number of rotatable bonds is 3. The maximum Gasteiger partial charge on any atom is 0.322 e.